The molecule has 0 amide bonds. The molecule has 0 saturated heterocycles. The van der Waals surface area contributed by atoms with Gasteiger partial charge in [-0.05, 0) is 55.5 Å². The van der Waals surface area contributed by atoms with E-state index in [-0.39, 0.29) is 5.97 Å². The largest absolute Gasteiger partial charge is 0.497 e. The third-order valence-corrected chi connectivity index (χ3v) is 3.55. The fourth-order valence-corrected chi connectivity index (χ4v) is 2.45. The Balaban J connectivity index is 1.96. The summed E-state index contributed by atoms with van der Waals surface area (Å²) in [6.07, 6.45) is 2.00. The van der Waals surface area contributed by atoms with Gasteiger partial charge < -0.3 is 14.0 Å². The molecule has 4 nitrogen and oxygen atoms in total. The van der Waals surface area contributed by atoms with Crippen LogP contribution in [0.4, 0.5) is 0 Å². The van der Waals surface area contributed by atoms with Crippen molar-refractivity contribution in [3.8, 4) is 11.4 Å². The minimum Gasteiger partial charge on any atom is -0.497 e. The molecule has 112 valence electrons. The molecule has 0 aliphatic rings. The molecule has 1 heterocycles. The van der Waals surface area contributed by atoms with Gasteiger partial charge in [0.2, 0.25) is 0 Å². The maximum atomic E-state index is 11.7. The molecule has 0 atom stereocenters. The molecule has 0 aliphatic heterocycles. The van der Waals surface area contributed by atoms with E-state index >= 15 is 0 Å². The van der Waals surface area contributed by atoms with E-state index in [1.165, 1.54) is 0 Å². The number of carbonyl (C=O) groups is 1. The Hall–Kier alpha value is -2.75. The Kier molecular flexibility index (Phi) is 3.83. The monoisotopic (exact) mass is 295 g/mol. The SMILES string of the molecule is CCOC(=O)c1ccc(-n2ccc3cc(OC)ccc32)cc1. The number of ether oxygens (including phenoxy) is 2. The topological polar surface area (TPSA) is 40.5 Å². The summed E-state index contributed by atoms with van der Waals surface area (Å²) in [5.74, 6) is 0.541. The molecule has 0 spiro atoms. The van der Waals surface area contributed by atoms with E-state index in [4.69, 9.17) is 9.47 Å². The van der Waals surface area contributed by atoms with Crippen LogP contribution in [0.15, 0.2) is 54.7 Å². The number of rotatable bonds is 4. The number of aromatic nitrogens is 1. The van der Waals surface area contributed by atoms with Crippen molar-refractivity contribution >= 4 is 16.9 Å². The van der Waals surface area contributed by atoms with Crippen molar-refractivity contribution in [2.24, 2.45) is 0 Å². The second-order valence-corrected chi connectivity index (χ2v) is 4.88. The van der Waals surface area contributed by atoms with Crippen LogP contribution in [0.1, 0.15) is 17.3 Å². The molecule has 0 radical (unpaired) electrons. The average molecular weight is 295 g/mol. The lowest BCUT2D eigenvalue weighted by Crippen LogP contribution is -2.04. The van der Waals surface area contributed by atoms with Crippen molar-refractivity contribution in [3.05, 3.63) is 60.3 Å². The maximum Gasteiger partial charge on any atom is 0.338 e. The number of fused-ring (bicyclic) bond motifs is 1. The van der Waals surface area contributed by atoms with Crippen LogP contribution >= 0.6 is 0 Å². The highest BCUT2D eigenvalue weighted by molar-refractivity contribution is 5.90. The van der Waals surface area contributed by atoms with Gasteiger partial charge in [-0.25, -0.2) is 4.79 Å². The molecule has 3 aromatic rings. The fourth-order valence-electron chi connectivity index (χ4n) is 2.45. The van der Waals surface area contributed by atoms with Crippen LogP contribution in [-0.2, 0) is 4.74 Å². The summed E-state index contributed by atoms with van der Waals surface area (Å²) in [4.78, 5) is 11.7. The predicted octanol–water partition coefficient (Wildman–Crippen LogP) is 3.82. The van der Waals surface area contributed by atoms with Crippen molar-refractivity contribution in [2.45, 2.75) is 6.92 Å². The van der Waals surface area contributed by atoms with Crippen molar-refractivity contribution in [3.63, 3.8) is 0 Å². The van der Waals surface area contributed by atoms with Gasteiger partial charge >= 0.3 is 5.97 Å². The van der Waals surface area contributed by atoms with Gasteiger partial charge in [-0.15, -0.1) is 0 Å². The zero-order chi connectivity index (χ0) is 15.5. The third-order valence-electron chi connectivity index (χ3n) is 3.55. The van der Waals surface area contributed by atoms with Crippen LogP contribution < -0.4 is 4.74 Å². The summed E-state index contributed by atoms with van der Waals surface area (Å²) in [5, 5.41) is 1.11. The Morgan fingerprint density at radius 1 is 1.09 bits per heavy atom. The van der Waals surface area contributed by atoms with E-state index in [0.717, 1.165) is 22.3 Å². The Labute approximate surface area is 128 Å². The summed E-state index contributed by atoms with van der Waals surface area (Å²) in [5.41, 5.74) is 2.64. The summed E-state index contributed by atoms with van der Waals surface area (Å²) in [6, 6.07) is 15.4. The smallest absolute Gasteiger partial charge is 0.338 e. The van der Waals surface area contributed by atoms with E-state index in [1.54, 1.807) is 26.2 Å². The van der Waals surface area contributed by atoms with Gasteiger partial charge in [0, 0.05) is 17.3 Å². The fraction of sp³-hybridized carbons (Fsp3) is 0.167. The van der Waals surface area contributed by atoms with Crippen molar-refractivity contribution < 1.29 is 14.3 Å². The lowest BCUT2D eigenvalue weighted by Gasteiger charge is -2.07. The minimum atomic E-state index is -0.295. The number of carbonyl (C=O) groups excluding carboxylic acids is 1. The van der Waals surface area contributed by atoms with Crippen molar-refractivity contribution in [2.75, 3.05) is 13.7 Å². The quantitative estimate of drug-likeness (QED) is 0.687. The van der Waals surface area contributed by atoms with Crippen molar-refractivity contribution in [1.29, 1.82) is 0 Å². The molecule has 0 saturated carbocycles. The molecule has 2 aromatic carbocycles. The Morgan fingerprint density at radius 3 is 2.55 bits per heavy atom. The molecular weight excluding hydrogens is 278 g/mol. The van der Waals surface area contributed by atoms with Gasteiger partial charge in [0.05, 0.1) is 24.8 Å². The van der Waals surface area contributed by atoms with E-state index in [0.29, 0.717) is 12.2 Å². The summed E-state index contributed by atoms with van der Waals surface area (Å²) >= 11 is 0. The number of hydrogen-bond donors (Lipinski definition) is 0. The minimum absolute atomic E-state index is 0.295. The van der Waals surface area contributed by atoms with Gasteiger partial charge in [-0.1, -0.05) is 0 Å². The van der Waals surface area contributed by atoms with Crippen molar-refractivity contribution in [1.82, 2.24) is 4.57 Å². The molecule has 0 bridgehead atoms. The number of esters is 1. The highest BCUT2D eigenvalue weighted by Crippen LogP contribution is 2.24. The highest BCUT2D eigenvalue weighted by Gasteiger charge is 2.08. The molecule has 4 heteroatoms. The molecule has 0 unspecified atom stereocenters. The lowest BCUT2D eigenvalue weighted by molar-refractivity contribution is 0.0526. The number of methoxy groups -OCH3 is 1. The summed E-state index contributed by atoms with van der Waals surface area (Å²) in [6.45, 7) is 2.18. The summed E-state index contributed by atoms with van der Waals surface area (Å²) < 4.78 is 12.3. The van der Waals surface area contributed by atoms with E-state index in [9.17, 15) is 4.79 Å². The molecule has 0 aliphatic carbocycles. The zero-order valence-corrected chi connectivity index (χ0v) is 12.6. The molecule has 0 fully saturated rings. The molecule has 0 N–H and O–H groups in total. The average Bonchev–Trinajstić information content (AvgIpc) is 2.98. The molecule has 22 heavy (non-hydrogen) atoms. The first-order valence-electron chi connectivity index (χ1n) is 7.15. The van der Waals surface area contributed by atoms with Gasteiger partial charge in [0.1, 0.15) is 5.75 Å². The first-order valence-corrected chi connectivity index (χ1v) is 7.15. The van der Waals surface area contributed by atoms with Gasteiger partial charge in [0.25, 0.3) is 0 Å². The Morgan fingerprint density at radius 2 is 1.86 bits per heavy atom. The van der Waals surface area contributed by atoms with Crippen LogP contribution in [0.25, 0.3) is 16.6 Å². The second-order valence-electron chi connectivity index (χ2n) is 4.88. The Bertz CT molecular complexity index is 803. The number of benzene rings is 2. The maximum absolute atomic E-state index is 11.7. The molecular formula is C18H17NO3. The number of nitrogens with zero attached hydrogens (tertiary/aromatic N) is 1. The normalized spacial score (nSPS) is 10.6. The predicted molar refractivity (Wildman–Crippen MR) is 85.8 cm³/mol. The molecule has 1 aromatic heterocycles. The second kappa shape index (κ2) is 5.93. The van der Waals surface area contributed by atoms with Gasteiger partial charge in [0.15, 0.2) is 0 Å². The first-order chi connectivity index (χ1) is 10.7. The van der Waals surface area contributed by atoms with Gasteiger partial charge in [-0.2, -0.15) is 0 Å². The standard InChI is InChI=1S/C18H17NO3/c1-3-22-18(20)13-4-6-15(7-5-13)19-11-10-14-12-16(21-2)8-9-17(14)19/h4-12H,3H2,1-2H3. The first kappa shape index (κ1) is 14.2. The van der Waals surface area contributed by atoms with Crippen LogP contribution in [0.3, 0.4) is 0 Å². The van der Waals surface area contributed by atoms with Gasteiger partial charge in [-0.3, -0.25) is 0 Å². The van der Waals surface area contributed by atoms with Crippen LogP contribution in [0.2, 0.25) is 0 Å². The summed E-state index contributed by atoms with van der Waals surface area (Å²) in [7, 11) is 1.66. The van der Waals surface area contributed by atoms with E-state index in [1.807, 2.05) is 42.6 Å². The number of hydrogen-bond acceptors (Lipinski definition) is 3. The molecule has 3 rings (SSSR count). The lowest BCUT2D eigenvalue weighted by atomic mass is 10.2. The van der Waals surface area contributed by atoms with Crippen LogP contribution in [0, 0.1) is 0 Å². The van der Waals surface area contributed by atoms with Crippen LogP contribution in [-0.4, -0.2) is 24.3 Å². The van der Waals surface area contributed by atoms with Crippen LogP contribution in [0.5, 0.6) is 5.75 Å². The zero-order valence-electron chi connectivity index (χ0n) is 12.6. The van der Waals surface area contributed by atoms with E-state index < -0.39 is 0 Å². The third kappa shape index (κ3) is 2.55. The van der Waals surface area contributed by atoms with E-state index in [2.05, 4.69) is 4.57 Å². The highest BCUT2D eigenvalue weighted by atomic mass is 16.5.